The van der Waals surface area contributed by atoms with Crippen molar-refractivity contribution in [1.29, 1.82) is 0 Å². The molecule has 0 bridgehead atoms. The Bertz CT molecular complexity index is 276. The summed E-state index contributed by atoms with van der Waals surface area (Å²) in [7, 11) is 0. The highest BCUT2D eigenvalue weighted by Gasteiger charge is 2.43. The van der Waals surface area contributed by atoms with Gasteiger partial charge in [-0.3, -0.25) is 9.69 Å². The van der Waals surface area contributed by atoms with Crippen LogP contribution in [0.1, 0.15) is 32.6 Å². The van der Waals surface area contributed by atoms with Gasteiger partial charge in [0.25, 0.3) is 0 Å². The average Bonchev–Trinajstić information content (AvgIpc) is 2.15. The van der Waals surface area contributed by atoms with Crippen molar-refractivity contribution in [2.75, 3.05) is 19.6 Å². The van der Waals surface area contributed by atoms with Crippen LogP contribution >= 0.6 is 0 Å². The molecule has 0 aromatic rings. The lowest BCUT2D eigenvalue weighted by Gasteiger charge is -2.40. The first-order valence-electron chi connectivity index (χ1n) is 5.81. The summed E-state index contributed by atoms with van der Waals surface area (Å²) in [6.07, 6.45) is -2.15. The van der Waals surface area contributed by atoms with E-state index in [1.807, 2.05) is 6.92 Å². The Hall–Kier alpha value is -0.780. The number of carbonyl (C=O) groups is 1. The van der Waals surface area contributed by atoms with E-state index in [4.69, 9.17) is 0 Å². The smallest absolute Gasteiger partial charge is 0.401 e. The molecule has 0 aromatic carbocycles. The lowest BCUT2D eigenvalue weighted by atomic mass is 9.76. The van der Waals surface area contributed by atoms with E-state index in [0.717, 1.165) is 0 Å². The number of nitrogens with zero attached hydrogens (tertiary/aromatic N) is 1. The minimum absolute atomic E-state index is 0.00961. The zero-order chi connectivity index (χ0) is 13.1. The van der Waals surface area contributed by atoms with Gasteiger partial charge in [-0.25, -0.2) is 0 Å². The highest BCUT2D eigenvalue weighted by atomic mass is 19.4. The van der Waals surface area contributed by atoms with Crippen molar-refractivity contribution in [2.45, 2.75) is 38.8 Å². The van der Waals surface area contributed by atoms with E-state index >= 15 is 0 Å². The van der Waals surface area contributed by atoms with E-state index in [1.54, 1.807) is 0 Å². The lowest BCUT2D eigenvalue weighted by Crippen LogP contribution is -2.50. The Morgan fingerprint density at radius 3 is 2.59 bits per heavy atom. The van der Waals surface area contributed by atoms with Crippen LogP contribution in [0.25, 0.3) is 0 Å². The maximum absolute atomic E-state index is 12.3. The van der Waals surface area contributed by atoms with Crippen LogP contribution in [0.4, 0.5) is 13.2 Å². The Kier molecular flexibility index (Phi) is 4.41. The number of hydrogen-bond acceptors (Lipinski definition) is 2. The first-order valence-corrected chi connectivity index (χ1v) is 5.81. The standard InChI is InChI=1S/C11H18F3NO2/c1-2-4-10(9(16)17)5-3-6-15(7-10)8-11(12,13)14/h2-8H2,1H3,(H,16,17). The maximum Gasteiger partial charge on any atom is 0.401 e. The molecule has 3 nitrogen and oxygen atoms in total. The second-order valence-corrected chi connectivity index (χ2v) is 4.76. The Labute approximate surface area is 98.6 Å². The van der Waals surface area contributed by atoms with E-state index in [2.05, 4.69) is 0 Å². The van der Waals surface area contributed by atoms with Gasteiger partial charge in [0.05, 0.1) is 12.0 Å². The minimum Gasteiger partial charge on any atom is -0.481 e. The predicted molar refractivity (Wildman–Crippen MR) is 56.7 cm³/mol. The molecule has 0 aromatic heterocycles. The molecule has 0 aliphatic carbocycles. The van der Waals surface area contributed by atoms with Crippen molar-refractivity contribution in [3.05, 3.63) is 0 Å². The van der Waals surface area contributed by atoms with Crippen LogP contribution in [-0.2, 0) is 4.79 Å². The fourth-order valence-electron chi connectivity index (χ4n) is 2.58. The van der Waals surface area contributed by atoms with Gasteiger partial charge in [-0.05, 0) is 25.8 Å². The number of piperidine rings is 1. The van der Waals surface area contributed by atoms with Gasteiger partial charge in [0.2, 0.25) is 0 Å². The number of halogens is 3. The fourth-order valence-corrected chi connectivity index (χ4v) is 2.58. The van der Waals surface area contributed by atoms with Crippen molar-refractivity contribution in [1.82, 2.24) is 4.90 Å². The van der Waals surface area contributed by atoms with Crippen LogP contribution in [0, 0.1) is 5.41 Å². The zero-order valence-electron chi connectivity index (χ0n) is 9.89. The number of carboxylic acid groups (broad SMARTS) is 1. The van der Waals surface area contributed by atoms with Gasteiger partial charge in [0, 0.05) is 6.54 Å². The van der Waals surface area contributed by atoms with E-state index in [0.29, 0.717) is 32.2 Å². The van der Waals surface area contributed by atoms with Gasteiger partial charge >= 0.3 is 12.1 Å². The van der Waals surface area contributed by atoms with Crippen LogP contribution in [0.2, 0.25) is 0 Å². The van der Waals surface area contributed by atoms with Gasteiger partial charge in [-0.15, -0.1) is 0 Å². The zero-order valence-corrected chi connectivity index (χ0v) is 9.89. The molecule has 1 aliphatic rings. The summed E-state index contributed by atoms with van der Waals surface area (Å²) >= 11 is 0. The predicted octanol–water partition coefficient (Wildman–Crippen LogP) is 2.52. The number of aliphatic carboxylic acids is 1. The molecule has 0 spiro atoms. The first kappa shape index (κ1) is 14.3. The highest BCUT2D eigenvalue weighted by molar-refractivity contribution is 5.75. The summed E-state index contributed by atoms with van der Waals surface area (Å²) in [4.78, 5) is 12.5. The second kappa shape index (κ2) is 5.25. The summed E-state index contributed by atoms with van der Waals surface area (Å²) in [6, 6.07) is 0. The third kappa shape index (κ3) is 3.87. The highest BCUT2D eigenvalue weighted by Crippen LogP contribution is 2.36. The third-order valence-corrected chi connectivity index (χ3v) is 3.24. The molecule has 1 N–H and O–H groups in total. The van der Waals surface area contributed by atoms with E-state index in [-0.39, 0.29) is 6.54 Å². The quantitative estimate of drug-likeness (QED) is 0.837. The largest absolute Gasteiger partial charge is 0.481 e. The van der Waals surface area contributed by atoms with Crippen LogP contribution < -0.4 is 0 Å². The number of likely N-dealkylation sites (tertiary alicyclic amines) is 1. The summed E-state index contributed by atoms with van der Waals surface area (Å²) < 4.78 is 36.9. The van der Waals surface area contributed by atoms with Gasteiger partial charge < -0.3 is 5.11 Å². The molecule has 1 unspecified atom stereocenters. The number of carboxylic acids is 1. The summed E-state index contributed by atoms with van der Waals surface area (Å²) in [6.45, 7) is 1.19. The number of alkyl halides is 3. The molecule has 0 amide bonds. The van der Waals surface area contributed by atoms with Crippen LogP contribution in [0.3, 0.4) is 0 Å². The second-order valence-electron chi connectivity index (χ2n) is 4.76. The van der Waals surface area contributed by atoms with Crippen molar-refractivity contribution in [3.63, 3.8) is 0 Å². The maximum atomic E-state index is 12.3. The molecule has 1 atom stereocenters. The van der Waals surface area contributed by atoms with E-state index < -0.39 is 24.1 Å². The number of rotatable bonds is 4. The van der Waals surface area contributed by atoms with Crippen LogP contribution in [-0.4, -0.2) is 41.8 Å². The lowest BCUT2D eigenvalue weighted by molar-refractivity contribution is -0.166. The molecule has 1 fully saturated rings. The summed E-state index contributed by atoms with van der Waals surface area (Å²) in [5, 5.41) is 9.23. The Morgan fingerprint density at radius 1 is 1.47 bits per heavy atom. The Morgan fingerprint density at radius 2 is 2.12 bits per heavy atom. The topological polar surface area (TPSA) is 40.5 Å². The molecule has 17 heavy (non-hydrogen) atoms. The summed E-state index contributed by atoms with van der Waals surface area (Å²) in [5.41, 5.74) is -0.988. The van der Waals surface area contributed by atoms with E-state index in [1.165, 1.54) is 4.90 Å². The molecule has 1 aliphatic heterocycles. The van der Waals surface area contributed by atoms with Crippen LogP contribution in [0.15, 0.2) is 0 Å². The monoisotopic (exact) mass is 253 g/mol. The first-order chi connectivity index (χ1) is 7.79. The molecule has 0 saturated carbocycles. The molecule has 100 valence electrons. The molecule has 1 saturated heterocycles. The van der Waals surface area contributed by atoms with Crippen molar-refractivity contribution in [2.24, 2.45) is 5.41 Å². The van der Waals surface area contributed by atoms with Gasteiger partial charge in [-0.1, -0.05) is 13.3 Å². The average molecular weight is 253 g/mol. The van der Waals surface area contributed by atoms with Gasteiger partial charge in [0.1, 0.15) is 0 Å². The number of hydrogen-bond donors (Lipinski definition) is 1. The molecule has 1 heterocycles. The third-order valence-electron chi connectivity index (χ3n) is 3.24. The summed E-state index contributed by atoms with van der Waals surface area (Å²) in [5.74, 6) is -0.966. The molecular weight excluding hydrogens is 235 g/mol. The minimum atomic E-state index is -4.26. The molecule has 0 radical (unpaired) electrons. The van der Waals surface area contributed by atoms with Crippen LogP contribution in [0.5, 0.6) is 0 Å². The van der Waals surface area contributed by atoms with E-state index in [9.17, 15) is 23.1 Å². The Balaban J connectivity index is 2.71. The van der Waals surface area contributed by atoms with Gasteiger partial charge in [0.15, 0.2) is 0 Å². The molecule has 1 rings (SSSR count). The van der Waals surface area contributed by atoms with Crippen molar-refractivity contribution < 1.29 is 23.1 Å². The molecule has 6 heteroatoms. The normalized spacial score (nSPS) is 27.1. The fraction of sp³-hybridized carbons (Fsp3) is 0.909. The van der Waals surface area contributed by atoms with Crippen molar-refractivity contribution in [3.8, 4) is 0 Å². The SMILES string of the molecule is CCCC1(C(=O)O)CCCN(CC(F)(F)F)C1. The van der Waals surface area contributed by atoms with Gasteiger partial charge in [-0.2, -0.15) is 13.2 Å². The molecular formula is C11H18F3NO2. The van der Waals surface area contributed by atoms with Crippen molar-refractivity contribution >= 4 is 5.97 Å².